The van der Waals surface area contributed by atoms with Gasteiger partial charge in [-0.05, 0) is 107 Å². The van der Waals surface area contributed by atoms with E-state index in [2.05, 4.69) is 232 Å². The van der Waals surface area contributed by atoms with Crippen LogP contribution in [0.5, 0.6) is 0 Å². The third-order valence-corrected chi connectivity index (χ3v) is 13.6. The van der Waals surface area contributed by atoms with E-state index in [4.69, 9.17) is 9.40 Å². The monoisotopic (exact) mass is 848 g/mol. The zero-order chi connectivity index (χ0) is 43.6. The second-order valence-corrected chi connectivity index (χ2v) is 17.5. The van der Waals surface area contributed by atoms with Crippen LogP contribution in [0.25, 0.3) is 94.4 Å². The summed E-state index contributed by atoms with van der Waals surface area (Å²) in [6.45, 7) is 0. The molecule has 4 heterocycles. The minimum Gasteiger partial charge on any atom is -0.455 e. The van der Waals surface area contributed by atoms with E-state index >= 15 is 0 Å². The molecule has 0 saturated heterocycles. The van der Waals surface area contributed by atoms with Gasteiger partial charge in [0.1, 0.15) is 16.7 Å². The molecule has 0 spiro atoms. The molecule has 0 amide bonds. The standard InChI is InChI=1S/C61H44N4O/c1-4-15-43(16-5-1)44-34-36-45(37-35-44)47(39-41-27-31-46(32-28-41)50-23-14-24-52-51-21-11-13-26-57(51)66-59(50)52)33-29-42-30-38-55-56(40-42)64(49-19-8-3-9-20-49)61-62-60-58(65(55)61)53-22-10-12-25-54(53)63(60)48-17-6-2-7-18-48/h1-28,30-32,34-38,40,47H,29,33,39H2. The highest BCUT2D eigenvalue weighted by atomic mass is 16.3. The van der Waals surface area contributed by atoms with Gasteiger partial charge in [0, 0.05) is 33.1 Å². The van der Waals surface area contributed by atoms with E-state index in [0.29, 0.717) is 5.92 Å². The van der Waals surface area contributed by atoms with Crippen molar-refractivity contribution in [3.63, 3.8) is 0 Å². The normalized spacial score (nSPS) is 12.4. The molecule has 0 aliphatic rings. The van der Waals surface area contributed by atoms with Crippen LogP contribution in [-0.2, 0) is 12.8 Å². The average Bonchev–Trinajstić information content (AvgIpc) is 4.12. The van der Waals surface area contributed by atoms with Crippen LogP contribution < -0.4 is 0 Å². The zero-order valence-electron chi connectivity index (χ0n) is 36.3. The van der Waals surface area contributed by atoms with Gasteiger partial charge in [-0.2, -0.15) is 4.98 Å². The van der Waals surface area contributed by atoms with Crippen LogP contribution in [0.1, 0.15) is 29.0 Å². The van der Waals surface area contributed by atoms with E-state index in [-0.39, 0.29) is 0 Å². The molecule has 0 saturated carbocycles. The fourth-order valence-electron chi connectivity index (χ4n) is 10.4. The second-order valence-electron chi connectivity index (χ2n) is 17.5. The van der Waals surface area contributed by atoms with Crippen LogP contribution >= 0.6 is 0 Å². The fourth-order valence-corrected chi connectivity index (χ4v) is 10.4. The van der Waals surface area contributed by atoms with Gasteiger partial charge >= 0.3 is 0 Å². The first-order valence-electron chi connectivity index (χ1n) is 22.9. The van der Waals surface area contributed by atoms with Crippen LogP contribution in [0, 0.1) is 0 Å². The third-order valence-electron chi connectivity index (χ3n) is 13.6. The van der Waals surface area contributed by atoms with Gasteiger partial charge in [-0.1, -0.05) is 176 Å². The SMILES string of the molecule is c1ccc(-c2ccc(C(CCc3ccc4c(c3)n(-c3ccccc3)c3nc5c(c6ccccc6n5-c5ccccc5)n43)Cc3ccc(-c4cccc5c4oc4ccccc45)cc3)cc2)cc1. The maximum atomic E-state index is 6.42. The summed E-state index contributed by atoms with van der Waals surface area (Å²) in [6, 6.07) is 80.9. The lowest BCUT2D eigenvalue weighted by Gasteiger charge is -2.19. The Hall–Kier alpha value is -8.41. The van der Waals surface area contributed by atoms with Crippen molar-refractivity contribution in [3.8, 4) is 33.6 Å². The Morgan fingerprint density at radius 1 is 0.455 bits per heavy atom. The Morgan fingerprint density at radius 2 is 1.08 bits per heavy atom. The van der Waals surface area contributed by atoms with Crippen molar-refractivity contribution in [3.05, 3.63) is 241 Å². The van der Waals surface area contributed by atoms with Crippen molar-refractivity contribution < 1.29 is 4.42 Å². The van der Waals surface area contributed by atoms with Gasteiger partial charge in [0.25, 0.3) is 0 Å². The number of para-hydroxylation sites is 5. The molecule has 9 aromatic carbocycles. The largest absolute Gasteiger partial charge is 0.455 e. The number of aromatic nitrogens is 4. The summed E-state index contributed by atoms with van der Waals surface area (Å²) >= 11 is 0. The molecule has 13 rings (SSSR count). The first kappa shape index (κ1) is 38.1. The molecule has 66 heavy (non-hydrogen) atoms. The fraction of sp³-hybridized carbons (Fsp3) is 0.0656. The number of rotatable bonds is 10. The molecular weight excluding hydrogens is 805 g/mol. The van der Waals surface area contributed by atoms with Gasteiger partial charge in [0.15, 0.2) is 5.65 Å². The highest BCUT2D eigenvalue weighted by molar-refractivity contribution is 6.10. The Kier molecular flexibility index (Phi) is 9.05. The number of hydrogen-bond donors (Lipinski definition) is 0. The minimum absolute atomic E-state index is 0.303. The lowest BCUT2D eigenvalue weighted by Crippen LogP contribution is -2.05. The molecule has 314 valence electrons. The lowest BCUT2D eigenvalue weighted by atomic mass is 9.86. The molecule has 5 nitrogen and oxygen atoms in total. The topological polar surface area (TPSA) is 40.3 Å². The van der Waals surface area contributed by atoms with Crippen molar-refractivity contribution in [2.75, 3.05) is 0 Å². The van der Waals surface area contributed by atoms with Gasteiger partial charge in [0.2, 0.25) is 5.78 Å². The summed E-state index contributed by atoms with van der Waals surface area (Å²) < 4.78 is 13.4. The molecule has 0 aliphatic carbocycles. The summed E-state index contributed by atoms with van der Waals surface area (Å²) in [5.41, 5.74) is 18.3. The lowest BCUT2D eigenvalue weighted by molar-refractivity contribution is 0.621. The number of imidazole rings is 2. The minimum atomic E-state index is 0.303. The highest BCUT2D eigenvalue weighted by Gasteiger charge is 2.24. The molecule has 13 aromatic rings. The third kappa shape index (κ3) is 6.34. The van der Waals surface area contributed by atoms with E-state index in [1.807, 2.05) is 6.07 Å². The van der Waals surface area contributed by atoms with Gasteiger partial charge in [-0.25, -0.2) is 0 Å². The van der Waals surface area contributed by atoms with Crippen LogP contribution in [-0.4, -0.2) is 18.5 Å². The quantitative estimate of drug-likeness (QED) is 0.138. The first-order chi connectivity index (χ1) is 32.7. The van der Waals surface area contributed by atoms with E-state index in [9.17, 15) is 0 Å². The van der Waals surface area contributed by atoms with Crippen LogP contribution in [0.2, 0.25) is 0 Å². The zero-order valence-corrected chi connectivity index (χ0v) is 36.3. The molecule has 0 bridgehead atoms. The van der Waals surface area contributed by atoms with Crippen molar-refractivity contribution in [2.24, 2.45) is 0 Å². The van der Waals surface area contributed by atoms with Crippen LogP contribution in [0.3, 0.4) is 0 Å². The van der Waals surface area contributed by atoms with Gasteiger partial charge < -0.3 is 4.42 Å². The van der Waals surface area contributed by atoms with Crippen molar-refractivity contribution in [1.82, 2.24) is 18.5 Å². The molecule has 5 heteroatoms. The van der Waals surface area contributed by atoms with Crippen molar-refractivity contribution in [1.29, 1.82) is 0 Å². The number of furan rings is 1. The molecule has 1 unspecified atom stereocenters. The molecule has 0 N–H and O–H groups in total. The van der Waals surface area contributed by atoms with E-state index in [1.54, 1.807) is 0 Å². The summed E-state index contributed by atoms with van der Waals surface area (Å²) in [5.74, 6) is 1.21. The predicted molar refractivity (Wildman–Crippen MR) is 272 cm³/mol. The molecular formula is C61H44N4O. The highest BCUT2D eigenvalue weighted by Crippen LogP contribution is 2.39. The summed E-state index contributed by atoms with van der Waals surface area (Å²) in [5, 5.41) is 3.48. The molecule has 0 fully saturated rings. The van der Waals surface area contributed by atoms with Crippen LogP contribution in [0.15, 0.2) is 229 Å². The maximum absolute atomic E-state index is 6.42. The van der Waals surface area contributed by atoms with Gasteiger partial charge in [-0.3, -0.25) is 13.5 Å². The molecule has 1 atom stereocenters. The maximum Gasteiger partial charge on any atom is 0.222 e. The average molecular weight is 849 g/mol. The number of benzene rings is 9. The number of fused-ring (bicyclic) bond motifs is 10. The smallest absolute Gasteiger partial charge is 0.222 e. The number of hydrogen-bond acceptors (Lipinski definition) is 2. The predicted octanol–water partition coefficient (Wildman–Crippen LogP) is 15.6. The number of aryl methyl sites for hydroxylation is 1. The number of nitrogens with zero attached hydrogens (tertiary/aromatic N) is 4. The van der Waals surface area contributed by atoms with Crippen molar-refractivity contribution >= 4 is 60.8 Å². The Morgan fingerprint density at radius 3 is 1.85 bits per heavy atom. The second kappa shape index (κ2) is 15.7. The first-order valence-corrected chi connectivity index (χ1v) is 22.9. The molecule has 0 aliphatic heterocycles. The van der Waals surface area contributed by atoms with E-state index < -0.39 is 0 Å². The summed E-state index contributed by atoms with van der Waals surface area (Å²) in [7, 11) is 0. The molecule has 4 aromatic heterocycles. The van der Waals surface area contributed by atoms with E-state index in [1.165, 1.54) is 33.2 Å². The van der Waals surface area contributed by atoms with Gasteiger partial charge in [0.05, 0.1) is 16.6 Å². The van der Waals surface area contributed by atoms with Gasteiger partial charge in [-0.15, -0.1) is 0 Å². The Labute approximate surface area is 382 Å². The molecule has 0 radical (unpaired) electrons. The Balaban J connectivity index is 0.878. The van der Waals surface area contributed by atoms with E-state index in [0.717, 1.165) is 97.2 Å². The van der Waals surface area contributed by atoms with Crippen molar-refractivity contribution in [2.45, 2.75) is 25.2 Å². The Bertz CT molecular complexity index is 3880. The summed E-state index contributed by atoms with van der Waals surface area (Å²) in [6.07, 6.45) is 2.85. The van der Waals surface area contributed by atoms with Crippen LogP contribution in [0.4, 0.5) is 0 Å². The summed E-state index contributed by atoms with van der Waals surface area (Å²) in [4.78, 5) is 5.50.